The number of alkyl halides is 3. The van der Waals surface area contributed by atoms with E-state index in [4.69, 9.17) is 11.6 Å². The van der Waals surface area contributed by atoms with Gasteiger partial charge in [0, 0.05) is 24.8 Å². The van der Waals surface area contributed by atoms with Crippen molar-refractivity contribution in [2.24, 2.45) is 7.05 Å². The minimum atomic E-state index is -4.65. The van der Waals surface area contributed by atoms with Crippen LogP contribution < -0.4 is 9.03 Å². The van der Waals surface area contributed by atoms with Crippen LogP contribution in [0.5, 0.6) is 0 Å². The van der Waals surface area contributed by atoms with Crippen LogP contribution in [0.2, 0.25) is 5.02 Å². The number of carbonyl (C=O) groups excluding carboxylic acids is 1. The summed E-state index contributed by atoms with van der Waals surface area (Å²) >= 11 is 5.75. The molecular formula is C19H23ClF3N5O3S. The zero-order chi connectivity index (χ0) is 23.7. The van der Waals surface area contributed by atoms with Gasteiger partial charge in [0.15, 0.2) is 0 Å². The van der Waals surface area contributed by atoms with E-state index < -0.39 is 40.3 Å². The Hall–Kier alpha value is -2.31. The number of anilines is 1. The Balaban J connectivity index is 1.83. The van der Waals surface area contributed by atoms with Crippen LogP contribution in [-0.2, 0) is 34.6 Å². The Bertz CT molecular complexity index is 1090. The van der Waals surface area contributed by atoms with Crippen LogP contribution in [0.1, 0.15) is 24.0 Å². The second-order valence-electron chi connectivity index (χ2n) is 7.78. The number of aromatic nitrogens is 2. The highest BCUT2D eigenvalue weighted by Gasteiger charge is 2.35. The Morgan fingerprint density at radius 2 is 2.03 bits per heavy atom. The molecule has 3 rings (SSSR count). The van der Waals surface area contributed by atoms with Gasteiger partial charge < -0.3 is 4.90 Å². The highest BCUT2D eigenvalue weighted by molar-refractivity contribution is 7.91. The van der Waals surface area contributed by atoms with Crippen LogP contribution in [-0.4, -0.2) is 55.2 Å². The quantitative estimate of drug-likeness (QED) is 0.668. The second kappa shape index (κ2) is 9.28. The topological polar surface area (TPSA) is 87.5 Å². The molecular weight excluding hydrogens is 471 g/mol. The van der Waals surface area contributed by atoms with Gasteiger partial charge in [-0.25, -0.2) is 9.03 Å². The van der Waals surface area contributed by atoms with Crippen LogP contribution in [0, 0.1) is 0 Å². The molecule has 1 fully saturated rings. The summed E-state index contributed by atoms with van der Waals surface area (Å²) in [5.74, 6) is -0.974. The fourth-order valence-electron chi connectivity index (χ4n) is 3.73. The number of nitrogens with zero attached hydrogens (tertiary/aromatic N) is 4. The van der Waals surface area contributed by atoms with E-state index in [9.17, 15) is 26.4 Å². The lowest BCUT2D eigenvalue weighted by Crippen LogP contribution is -2.54. The fraction of sp³-hybridized carbons (Fsp3) is 0.474. The molecule has 32 heavy (non-hydrogen) atoms. The Labute approximate surface area is 189 Å². The van der Waals surface area contributed by atoms with Crippen molar-refractivity contribution < 1.29 is 26.4 Å². The van der Waals surface area contributed by atoms with Gasteiger partial charge in [-0.15, -0.1) is 0 Å². The molecule has 0 radical (unpaired) electrons. The van der Waals surface area contributed by atoms with Gasteiger partial charge in [-0.1, -0.05) is 11.6 Å². The van der Waals surface area contributed by atoms with E-state index >= 15 is 0 Å². The zero-order valence-electron chi connectivity index (χ0n) is 17.4. The van der Waals surface area contributed by atoms with Crippen molar-refractivity contribution in [3.05, 3.63) is 46.7 Å². The first-order valence-corrected chi connectivity index (χ1v) is 11.6. The summed E-state index contributed by atoms with van der Waals surface area (Å²) in [6, 6.07) is 2.26. The molecule has 176 valence electrons. The van der Waals surface area contributed by atoms with E-state index in [1.165, 1.54) is 23.1 Å². The third kappa shape index (κ3) is 5.93. The van der Waals surface area contributed by atoms with Gasteiger partial charge in [-0.05, 0) is 50.2 Å². The molecule has 1 unspecified atom stereocenters. The second-order valence-corrected chi connectivity index (χ2v) is 9.76. The maximum atomic E-state index is 13.2. The Kier molecular flexibility index (Phi) is 7.06. The predicted molar refractivity (Wildman–Crippen MR) is 113 cm³/mol. The summed E-state index contributed by atoms with van der Waals surface area (Å²) in [6.45, 7) is 1.27. The van der Waals surface area contributed by atoms with Gasteiger partial charge >= 0.3 is 16.4 Å². The molecule has 1 amide bonds. The summed E-state index contributed by atoms with van der Waals surface area (Å²) < 4.78 is 69.9. The number of hydrogen-bond donors (Lipinski definition) is 1. The number of nitrogens with one attached hydrogen (secondary N) is 1. The molecule has 1 saturated heterocycles. The smallest absolute Gasteiger partial charge is 0.304 e. The van der Waals surface area contributed by atoms with Gasteiger partial charge in [0.05, 0.1) is 29.9 Å². The standard InChI is InChI=1S/C19H23ClF3N5O3S/c1-26-5-3-4-16(11-26)28(17-10-24-27(2)12-17)32(30,31)25-18(29)8-13-6-14(19(21,22)23)9-15(20)7-13/h6-7,9-10,12,16H,3-5,8,11H2,1-2H3,(H,25,29). The third-order valence-corrected chi connectivity index (χ3v) is 6.76. The number of likely N-dealkylation sites (tertiary alicyclic amines) is 1. The first kappa shape index (κ1) is 24.3. The van der Waals surface area contributed by atoms with Crippen LogP contribution in [0.25, 0.3) is 0 Å². The van der Waals surface area contributed by atoms with Gasteiger partial charge in [0.1, 0.15) is 0 Å². The molecule has 2 heterocycles. The van der Waals surface area contributed by atoms with E-state index in [1.54, 1.807) is 7.05 Å². The maximum absolute atomic E-state index is 13.2. The lowest BCUT2D eigenvalue weighted by Gasteiger charge is -2.37. The summed E-state index contributed by atoms with van der Waals surface area (Å²) in [5, 5.41) is 3.82. The Morgan fingerprint density at radius 1 is 1.31 bits per heavy atom. The van der Waals surface area contributed by atoms with Crippen LogP contribution in [0.4, 0.5) is 18.9 Å². The molecule has 8 nitrogen and oxygen atoms in total. The SMILES string of the molecule is CN1CCCC(N(c2cnn(C)c2)S(=O)(=O)NC(=O)Cc2cc(Cl)cc(C(F)(F)F)c2)C1. The number of amides is 1. The Morgan fingerprint density at radius 3 is 2.62 bits per heavy atom. The van der Waals surface area contributed by atoms with Crippen molar-refractivity contribution in [2.75, 3.05) is 24.4 Å². The first-order valence-electron chi connectivity index (χ1n) is 9.74. The van der Waals surface area contributed by atoms with Crippen molar-refractivity contribution in [3.63, 3.8) is 0 Å². The van der Waals surface area contributed by atoms with E-state index in [0.29, 0.717) is 13.0 Å². The largest absolute Gasteiger partial charge is 0.416 e. The predicted octanol–water partition coefficient (Wildman–Crippen LogP) is 2.60. The molecule has 1 N–H and O–H groups in total. The first-order chi connectivity index (χ1) is 14.8. The zero-order valence-corrected chi connectivity index (χ0v) is 19.0. The van der Waals surface area contributed by atoms with E-state index in [0.717, 1.165) is 29.4 Å². The molecule has 1 aromatic carbocycles. The van der Waals surface area contributed by atoms with Crippen LogP contribution in [0.15, 0.2) is 30.6 Å². The molecule has 1 aliphatic rings. The highest BCUT2D eigenvalue weighted by atomic mass is 35.5. The number of benzene rings is 1. The van der Waals surface area contributed by atoms with E-state index in [-0.39, 0.29) is 16.3 Å². The summed E-state index contributed by atoms with van der Waals surface area (Å²) in [4.78, 5) is 14.5. The summed E-state index contributed by atoms with van der Waals surface area (Å²) in [5.41, 5.74) is -0.782. The van der Waals surface area contributed by atoms with Gasteiger partial charge in [0.2, 0.25) is 5.91 Å². The number of carbonyl (C=O) groups is 1. The van der Waals surface area contributed by atoms with Crippen LogP contribution >= 0.6 is 11.6 Å². The van der Waals surface area contributed by atoms with Crippen molar-refractivity contribution in [3.8, 4) is 0 Å². The van der Waals surface area contributed by atoms with Gasteiger partial charge in [-0.2, -0.15) is 26.7 Å². The van der Waals surface area contributed by atoms with E-state index in [1.807, 2.05) is 16.7 Å². The van der Waals surface area contributed by atoms with Crippen molar-refractivity contribution in [1.29, 1.82) is 0 Å². The van der Waals surface area contributed by atoms with Crippen LogP contribution in [0.3, 0.4) is 0 Å². The van der Waals surface area contributed by atoms with Crippen molar-refractivity contribution >= 4 is 33.4 Å². The molecule has 0 saturated carbocycles. The third-order valence-electron chi connectivity index (χ3n) is 5.03. The number of likely N-dealkylation sites (N-methyl/N-ethyl adjacent to an activating group) is 1. The summed E-state index contributed by atoms with van der Waals surface area (Å²) in [6.07, 6.45) is -0.988. The molecule has 1 aromatic heterocycles. The fourth-order valence-corrected chi connectivity index (χ4v) is 5.38. The maximum Gasteiger partial charge on any atom is 0.416 e. The lowest BCUT2D eigenvalue weighted by atomic mass is 10.1. The average molecular weight is 494 g/mol. The number of piperidine rings is 1. The molecule has 1 atom stereocenters. The molecule has 0 bridgehead atoms. The van der Waals surface area contributed by atoms with Crippen molar-refractivity contribution in [2.45, 2.75) is 31.5 Å². The number of rotatable bonds is 6. The number of halogens is 4. The van der Waals surface area contributed by atoms with Gasteiger partial charge in [-0.3, -0.25) is 9.48 Å². The normalized spacial score (nSPS) is 17.9. The lowest BCUT2D eigenvalue weighted by molar-refractivity contribution is -0.137. The molecule has 2 aromatic rings. The minimum absolute atomic E-state index is 0.0529. The number of aryl methyl sites for hydroxylation is 1. The highest BCUT2D eigenvalue weighted by Crippen LogP contribution is 2.32. The molecule has 13 heteroatoms. The minimum Gasteiger partial charge on any atom is -0.304 e. The molecule has 1 aliphatic heterocycles. The van der Waals surface area contributed by atoms with Crippen molar-refractivity contribution in [1.82, 2.24) is 19.4 Å². The van der Waals surface area contributed by atoms with E-state index in [2.05, 4.69) is 5.10 Å². The summed E-state index contributed by atoms with van der Waals surface area (Å²) in [7, 11) is -0.847. The number of hydrogen-bond acceptors (Lipinski definition) is 5. The molecule has 0 aliphatic carbocycles. The average Bonchev–Trinajstić information content (AvgIpc) is 3.05. The monoisotopic (exact) mass is 493 g/mol. The molecule has 0 spiro atoms. The van der Waals surface area contributed by atoms with Gasteiger partial charge in [0.25, 0.3) is 0 Å².